The molecule has 7 heteroatoms. The summed E-state index contributed by atoms with van der Waals surface area (Å²) in [6, 6.07) is 15.5. The SMILES string of the molecule is COc1ccc(C(CC(=O)OC(C)C)NC(=O)/C=C/c2ccc(OCC#N)cc2)cc1. The number of benzene rings is 2. The first-order chi connectivity index (χ1) is 14.9. The van der Waals surface area contributed by atoms with E-state index in [1.807, 2.05) is 6.07 Å². The Labute approximate surface area is 182 Å². The molecule has 0 bridgehead atoms. The summed E-state index contributed by atoms with van der Waals surface area (Å²) in [5.41, 5.74) is 1.56. The second-order valence-corrected chi connectivity index (χ2v) is 6.93. The maximum absolute atomic E-state index is 12.5. The molecule has 0 fully saturated rings. The van der Waals surface area contributed by atoms with Gasteiger partial charge in [0.2, 0.25) is 5.91 Å². The molecule has 2 aromatic carbocycles. The minimum atomic E-state index is -0.545. The molecule has 0 aliphatic carbocycles. The molecular formula is C24H26N2O5. The largest absolute Gasteiger partial charge is 0.497 e. The number of hydrogen-bond donors (Lipinski definition) is 1. The fourth-order valence-electron chi connectivity index (χ4n) is 2.75. The maximum atomic E-state index is 12.5. The Balaban J connectivity index is 2.07. The first kappa shape index (κ1) is 23.5. The number of carbonyl (C=O) groups excluding carboxylic acids is 2. The molecule has 0 aliphatic rings. The van der Waals surface area contributed by atoms with Gasteiger partial charge in [-0.15, -0.1) is 0 Å². The molecule has 0 saturated carbocycles. The van der Waals surface area contributed by atoms with Gasteiger partial charge < -0.3 is 19.5 Å². The van der Waals surface area contributed by atoms with E-state index in [1.54, 1.807) is 75.6 Å². The topological polar surface area (TPSA) is 97.7 Å². The highest BCUT2D eigenvalue weighted by Crippen LogP contribution is 2.21. The van der Waals surface area contributed by atoms with Crippen molar-refractivity contribution in [2.75, 3.05) is 13.7 Å². The molecule has 2 rings (SSSR count). The van der Waals surface area contributed by atoms with Crippen LogP contribution < -0.4 is 14.8 Å². The maximum Gasteiger partial charge on any atom is 0.308 e. The van der Waals surface area contributed by atoms with Gasteiger partial charge >= 0.3 is 5.97 Å². The average molecular weight is 422 g/mol. The number of amides is 1. The van der Waals surface area contributed by atoms with Crippen LogP contribution in [0.2, 0.25) is 0 Å². The lowest BCUT2D eigenvalue weighted by Gasteiger charge is -2.19. The number of methoxy groups -OCH3 is 1. The lowest BCUT2D eigenvalue weighted by Crippen LogP contribution is -2.29. The number of carbonyl (C=O) groups is 2. The zero-order valence-corrected chi connectivity index (χ0v) is 17.8. The first-order valence-corrected chi connectivity index (χ1v) is 9.83. The van der Waals surface area contributed by atoms with Crippen LogP contribution in [0.3, 0.4) is 0 Å². The van der Waals surface area contributed by atoms with Crippen molar-refractivity contribution in [1.82, 2.24) is 5.32 Å². The van der Waals surface area contributed by atoms with Gasteiger partial charge in [0.15, 0.2) is 6.61 Å². The standard InChI is InChI=1S/C24H26N2O5/c1-17(2)31-24(28)16-22(19-7-11-20(29-3)12-8-19)26-23(27)13-6-18-4-9-21(10-5-18)30-15-14-25/h4-13,17,22H,15-16H2,1-3H3,(H,26,27)/b13-6+. The third kappa shape index (κ3) is 8.23. The minimum Gasteiger partial charge on any atom is -0.497 e. The molecule has 162 valence electrons. The Bertz CT molecular complexity index is 928. The van der Waals surface area contributed by atoms with Gasteiger partial charge in [-0.2, -0.15) is 5.26 Å². The monoisotopic (exact) mass is 422 g/mol. The molecule has 0 saturated heterocycles. The molecule has 1 atom stereocenters. The van der Waals surface area contributed by atoms with Crippen LogP contribution in [0.5, 0.6) is 11.5 Å². The van der Waals surface area contributed by atoms with Crippen LogP contribution in [0.4, 0.5) is 0 Å². The number of nitrogens with zero attached hydrogens (tertiary/aromatic N) is 1. The summed E-state index contributed by atoms with van der Waals surface area (Å²) in [4.78, 5) is 24.7. The van der Waals surface area contributed by atoms with Crippen LogP contribution in [-0.2, 0) is 14.3 Å². The molecule has 0 radical (unpaired) electrons. The van der Waals surface area contributed by atoms with Crippen molar-refractivity contribution in [3.63, 3.8) is 0 Å². The highest BCUT2D eigenvalue weighted by atomic mass is 16.5. The van der Waals surface area contributed by atoms with Gasteiger partial charge in [-0.3, -0.25) is 9.59 Å². The molecule has 1 amide bonds. The lowest BCUT2D eigenvalue weighted by molar-refractivity contribution is -0.148. The Morgan fingerprint density at radius 3 is 2.29 bits per heavy atom. The lowest BCUT2D eigenvalue weighted by atomic mass is 10.0. The molecular weight excluding hydrogens is 396 g/mol. The predicted molar refractivity (Wildman–Crippen MR) is 116 cm³/mol. The predicted octanol–water partition coefficient (Wildman–Crippen LogP) is 3.81. The second-order valence-electron chi connectivity index (χ2n) is 6.93. The third-order valence-corrected chi connectivity index (χ3v) is 4.18. The van der Waals surface area contributed by atoms with E-state index < -0.39 is 12.0 Å². The summed E-state index contributed by atoms with van der Waals surface area (Å²) >= 11 is 0. The van der Waals surface area contributed by atoms with E-state index in [0.717, 1.165) is 11.1 Å². The smallest absolute Gasteiger partial charge is 0.308 e. The van der Waals surface area contributed by atoms with Crippen LogP contribution in [0.1, 0.15) is 37.4 Å². The van der Waals surface area contributed by atoms with Gasteiger partial charge in [-0.25, -0.2) is 0 Å². The minimum absolute atomic E-state index is 0.00895. The molecule has 0 heterocycles. The molecule has 31 heavy (non-hydrogen) atoms. The van der Waals surface area contributed by atoms with Gasteiger partial charge in [-0.05, 0) is 55.3 Å². The van der Waals surface area contributed by atoms with Crippen LogP contribution >= 0.6 is 0 Å². The van der Waals surface area contributed by atoms with E-state index >= 15 is 0 Å². The van der Waals surface area contributed by atoms with E-state index in [9.17, 15) is 9.59 Å². The Morgan fingerprint density at radius 2 is 1.71 bits per heavy atom. The normalized spacial score (nSPS) is 11.6. The van der Waals surface area contributed by atoms with Gasteiger partial charge in [-0.1, -0.05) is 24.3 Å². The Kier molecular flexibility index (Phi) is 9.12. The van der Waals surface area contributed by atoms with Gasteiger partial charge in [0.25, 0.3) is 0 Å². The van der Waals surface area contributed by atoms with Gasteiger partial charge in [0.05, 0.1) is 25.7 Å². The fraction of sp³-hybridized carbons (Fsp3) is 0.292. The van der Waals surface area contributed by atoms with Crippen molar-refractivity contribution >= 4 is 18.0 Å². The van der Waals surface area contributed by atoms with Crippen molar-refractivity contribution in [1.29, 1.82) is 5.26 Å². The summed E-state index contributed by atoms with van der Waals surface area (Å²) in [5, 5.41) is 11.4. The molecule has 0 aromatic heterocycles. The van der Waals surface area contributed by atoms with E-state index in [2.05, 4.69) is 5.32 Å². The van der Waals surface area contributed by atoms with E-state index in [0.29, 0.717) is 11.5 Å². The van der Waals surface area contributed by atoms with E-state index in [1.165, 1.54) is 6.08 Å². The Hall–Kier alpha value is -3.79. The Morgan fingerprint density at radius 1 is 1.06 bits per heavy atom. The number of rotatable bonds is 10. The summed E-state index contributed by atoms with van der Waals surface area (Å²) in [5.74, 6) is 0.517. The summed E-state index contributed by atoms with van der Waals surface area (Å²) in [6.07, 6.45) is 2.82. The molecule has 7 nitrogen and oxygen atoms in total. The third-order valence-electron chi connectivity index (χ3n) is 4.18. The molecule has 0 spiro atoms. The number of hydrogen-bond acceptors (Lipinski definition) is 6. The van der Waals surface area contributed by atoms with Crippen LogP contribution in [-0.4, -0.2) is 31.7 Å². The van der Waals surface area contributed by atoms with Crippen molar-refractivity contribution in [2.45, 2.75) is 32.4 Å². The highest BCUT2D eigenvalue weighted by molar-refractivity contribution is 5.92. The van der Waals surface area contributed by atoms with E-state index in [-0.39, 0.29) is 25.0 Å². The number of nitriles is 1. The number of ether oxygens (including phenoxy) is 3. The van der Waals surface area contributed by atoms with Crippen molar-refractivity contribution in [3.05, 3.63) is 65.7 Å². The number of esters is 1. The highest BCUT2D eigenvalue weighted by Gasteiger charge is 2.19. The summed E-state index contributed by atoms with van der Waals surface area (Å²) < 4.78 is 15.6. The van der Waals surface area contributed by atoms with Crippen LogP contribution in [0.25, 0.3) is 6.08 Å². The van der Waals surface area contributed by atoms with Crippen molar-refractivity contribution in [2.24, 2.45) is 0 Å². The zero-order chi connectivity index (χ0) is 22.6. The summed E-state index contributed by atoms with van der Waals surface area (Å²) in [6.45, 7) is 3.53. The van der Waals surface area contributed by atoms with Gasteiger partial charge in [0, 0.05) is 6.08 Å². The zero-order valence-electron chi connectivity index (χ0n) is 17.8. The van der Waals surface area contributed by atoms with E-state index in [4.69, 9.17) is 19.5 Å². The van der Waals surface area contributed by atoms with Crippen molar-refractivity contribution in [3.8, 4) is 17.6 Å². The average Bonchev–Trinajstić information content (AvgIpc) is 2.76. The summed E-state index contributed by atoms with van der Waals surface area (Å²) in [7, 11) is 1.57. The first-order valence-electron chi connectivity index (χ1n) is 9.83. The molecule has 1 unspecified atom stereocenters. The van der Waals surface area contributed by atoms with Crippen molar-refractivity contribution < 1.29 is 23.8 Å². The van der Waals surface area contributed by atoms with Gasteiger partial charge in [0.1, 0.15) is 17.6 Å². The fourth-order valence-corrected chi connectivity index (χ4v) is 2.75. The molecule has 0 aliphatic heterocycles. The molecule has 2 aromatic rings. The quantitative estimate of drug-likeness (QED) is 0.462. The number of nitrogens with one attached hydrogen (secondary N) is 1. The van der Waals surface area contributed by atoms with Crippen LogP contribution in [0.15, 0.2) is 54.6 Å². The molecule has 1 N–H and O–H groups in total. The second kappa shape index (κ2) is 12.0. The van der Waals surface area contributed by atoms with Crippen LogP contribution in [0, 0.1) is 11.3 Å².